The molecule has 0 aliphatic heterocycles. The molecule has 0 aromatic carbocycles. The first-order valence-electron chi connectivity index (χ1n) is 5.68. The van der Waals surface area contributed by atoms with E-state index in [2.05, 4.69) is 0 Å². The zero-order valence-electron chi connectivity index (χ0n) is 10.6. The third-order valence-electron chi connectivity index (χ3n) is 1.99. The van der Waals surface area contributed by atoms with Crippen LogP contribution in [0.5, 0.6) is 0 Å². The van der Waals surface area contributed by atoms with Crippen LogP contribution in [0.4, 0.5) is 0 Å². The Kier molecular flexibility index (Phi) is 7.49. The number of carbonyl (C=O) groups is 2. The molecular formula is C11H22N2O4. The normalized spacial score (nSPS) is 14.2. The van der Waals surface area contributed by atoms with Crippen molar-refractivity contribution in [3.63, 3.8) is 0 Å². The molecule has 0 heterocycles. The molecule has 6 nitrogen and oxygen atoms in total. The van der Waals surface area contributed by atoms with Crippen molar-refractivity contribution in [3.05, 3.63) is 0 Å². The van der Waals surface area contributed by atoms with E-state index >= 15 is 0 Å². The minimum atomic E-state index is -0.632. The van der Waals surface area contributed by atoms with E-state index in [0.29, 0.717) is 12.3 Å². The Hall–Kier alpha value is -1.14. The molecule has 17 heavy (non-hydrogen) atoms. The van der Waals surface area contributed by atoms with Gasteiger partial charge in [0.2, 0.25) is 0 Å². The van der Waals surface area contributed by atoms with Gasteiger partial charge in [-0.25, -0.2) is 0 Å². The molecule has 0 spiro atoms. The van der Waals surface area contributed by atoms with Gasteiger partial charge in [0, 0.05) is 0 Å². The van der Waals surface area contributed by atoms with Gasteiger partial charge in [-0.1, -0.05) is 13.8 Å². The summed E-state index contributed by atoms with van der Waals surface area (Å²) >= 11 is 0. The molecule has 0 aliphatic rings. The molecule has 0 aliphatic carbocycles. The first-order valence-corrected chi connectivity index (χ1v) is 5.68. The van der Waals surface area contributed by atoms with E-state index in [4.69, 9.17) is 20.9 Å². The largest absolute Gasteiger partial charge is 0.461 e. The van der Waals surface area contributed by atoms with E-state index in [0.717, 1.165) is 0 Å². The lowest BCUT2D eigenvalue weighted by atomic mass is 10.1. The van der Waals surface area contributed by atoms with Crippen LogP contribution in [0.2, 0.25) is 0 Å². The van der Waals surface area contributed by atoms with Crippen molar-refractivity contribution in [1.82, 2.24) is 0 Å². The highest BCUT2D eigenvalue weighted by Crippen LogP contribution is 2.04. The molecule has 0 aromatic heterocycles. The molecule has 1 unspecified atom stereocenters. The average molecular weight is 246 g/mol. The number of hydrogen-bond acceptors (Lipinski definition) is 6. The second-order valence-electron chi connectivity index (χ2n) is 4.37. The average Bonchev–Trinajstić information content (AvgIpc) is 2.24. The lowest BCUT2D eigenvalue weighted by Crippen LogP contribution is -2.35. The molecular weight excluding hydrogens is 224 g/mol. The molecule has 0 fully saturated rings. The van der Waals surface area contributed by atoms with Gasteiger partial charge in [-0.3, -0.25) is 9.59 Å². The van der Waals surface area contributed by atoms with Gasteiger partial charge in [-0.05, 0) is 19.3 Å². The summed E-state index contributed by atoms with van der Waals surface area (Å²) in [5.41, 5.74) is 10.7. The van der Waals surface area contributed by atoms with Crippen LogP contribution in [0.15, 0.2) is 0 Å². The highest BCUT2D eigenvalue weighted by atomic mass is 16.6. The maximum atomic E-state index is 11.4. The maximum absolute atomic E-state index is 11.4. The number of hydrogen-bond donors (Lipinski definition) is 2. The summed E-state index contributed by atoms with van der Waals surface area (Å²) in [7, 11) is 0. The van der Waals surface area contributed by atoms with Crippen molar-refractivity contribution >= 4 is 11.9 Å². The number of carbonyl (C=O) groups excluding carboxylic acids is 2. The summed E-state index contributed by atoms with van der Waals surface area (Å²) < 4.78 is 9.76. The van der Waals surface area contributed by atoms with E-state index in [1.54, 1.807) is 6.92 Å². The van der Waals surface area contributed by atoms with E-state index in [1.165, 1.54) is 0 Å². The molecule has 0 rings (SSSR count). The van der Waals surface area contributed by atoms with Crippen LogP contribution in [0.1, 0.15) is 27.2 Å². The van der Waals surface area contributed by atoms with Crippen LogP contribution in [0.25, 0.3) is 0 Å². The van der Waals surface area contributed by atoms with Gasteiger partial charge >= 0.3 is 11.9 Å². The number of esters is 2. The number of nitrogens with two attached hydrogens (primary N) is 2. The summed E-state index contributed by atoms with van der Waals surface area (Å²) in [5, 5.41) is 0. The molecule has 6 heteroatoms. The van der Waals surface area contributed by atoms with Gasteiger partial charge in [0.1, 0.15) is 18.8 Å². The summed E-state index contributed by atoms with van der Waals surface area (Å²) in [6.45, 7) is 5.37. The van der Waals surface area contributed by atoms with Gasteiger partial charge in [0.15, 0.2) is 0 Å². The molecule has 0 aromatic rings. The highest BCUT2D eigenvalue weighted by molar-refractivity contribution is 5.75. The van der Waals surface area contributed by atoms with Crippen LogP contribution < -0.4 is 11.5 Å². The van der Waals surface area contributed by atoms with E-state index in [1.807, 2.05) is 13.8 Å². The van der Waals surface area contributed by atoms with Gasteiger partial charge < -0.3 is 20.9 Å². The Balaban J connectivity index is 3.86. The molecule has 0 amide bonds. The summed E-state index contributed by atoms with van der Waals surface area (Å²) in [4.78, 5) is 22.3. The van der Waals surface area contributed by atoms with Crippen molar-refractivity contribution < 1.29 is 19.1 Å². The fraction of sp³-hybridized carbons (Fsp3) is 0.818. The van der Waals surface area contributed by atoms with Crippen LogP contribution in [-0.2, 0) is 19.1 Å². The number of rotatable bonds is 7. The zero-order valence-corrected chi connectivity index (χ0v) is 10.6. The molecule has 4 N–H and O–H groups in total. The predicted molar refractivity (Wildman–Crippen MR) is 63.0 cm³/mol. The second-order valence-corrected chi connectivity index (χ2v) is 4.37. The van der Waals surface area contributed by atoms with Gasteiger partial charge in [0.05, 0.1) is 6.54 Å². The first kappa shape index (κ1) is 15.9. The van der Waals surface area contributed by atoms with Gasteiger partial charge in [0.25, 0.3) is 0 Å². The smallest absolute Gasteiger partial charge is 0.323 e. The second kappa shape index (κ2) is 8.03. The predicted octanol–water partition coefficient (Wildman–Crippen LogP) is -0.207. The van der Waals surface area contributed by atoms with Gasteiger partial charge in [-0.15, -0.1) is 0 Å². The van der Waals surface area contributed by atoms with Crippen LogP contribution in [-0.4, -0.2) is 37.2 Å². The molecule has 0 bridgehead atoms. The minimum Gasteiger partial charge on any atom is -0.461 e. The SMILES string of the molecule is CC(C)C[C@H](N)C(=O)OCC(C)OC(=O)CN. The van der Waals surface area contributed by atoms with E-state index in [-0.39, 0.29) is 13.2 Å². The molecule has 100 valence electrons. The lowest BCUT2D eigenvalue weighted by Gasteiger charge is -2.16. The monoisotopic (exact) mass is 246 g/mol. The summed E-state index contributed by atoms with van der Waals surface area (Å²) in [6, 6.07) is -0.632. The van der Waals surface area contributed by atoms with Crippen molar-refractivity contribution in [2.45, 2.75) is 39.3 Å². The summed E-state index contributed by atoms with van der Waals surface area (Å²) in [5.74, 6) is -0.681. The third kappa shape index (κ3) is 7.70. The molecule has 0 radical (unpaired) electrons. The summed E-state index contributed by atoms with van der Waals surface area (Å²) in [6.07, 6.45) is 0.0525. The van der Waals surface area contributed by atoms with Crippen LogP contribution >= 0.6 is 0 Å². The Morgan fingerprint density at radius 2 is 1.82 bits per heavy atom. The minimum absolute atomic E-state index is 0.00360. The fourth-order valence-corrected chi connectivity index (χ4v) is 1.22. The Bertz CT molecular complexity index is 256. The van der Waals surface area contributed by atoms with Crippen LogP contribution in [0.3, 0.4) is 0 Å². The molecule has 0 saturated heterocycles. The first-order chi connectivity index (χ1) is 7.86. The van der Waals surface area contributed by atoms with Crippen LogP contribution in [0, 0.1) is 5.92 Å². The topological polar surface area (TPSA) is 105 Å². The van der Waals surface area contributed by atoms with E-state index < -0.39 is 24.1 Å². The Morgan fingerprint density at radius 1 is 1.24 bits per heavy atom. The zero-order chi connectivity index (χ0) is 13.4. The van der Waals surface area contributed by atoms with Crippen molar-refractivity contribution in [2.75, 3.05) is 13.2 Å². The van der Waals surface area contributed by atoms with Gasteiger partial charge in [-0.2, -0.15) is 0 Å². The van der Waals surface area contributed by atoms with E-state index in [9.17, 15) is 9.59 Å². The fourth-order valence-electron chi connectivity index (χ4n) is 1.22. The van der Waals surface area contributed by atoms with Crippen molar-refractivity contribution in [1.29, 1.82) is 0 Å². The number of ether oxygens (including phenoxy) is 2. The Labute approximate surface area is 102 Å². The van der Waals surface area contributed by atoms with Crippen molar-refractivity contribution in [3.8, 4) is 0 Å². The highest BCUT2D eigenvalue weighted by Gasteiger charge is 2.18. The maximum Gasteiger partial charge on any atom is 0.323 e. The molecule has 0 saturated carbocycles. The molecule has 2 atom stereocenters. The standard InChI is InChI=1S/C11H22N2O4/c1-7(2)4-9(13)11(15)16-6-8(3)17-10(14)5-12/h7-9H,4-6,12-13H2,1-3H3/t8?,9-/m0/s1. The Morgan fingerprint density at radius 3 is 2.29 bits per heavy atom. The quantitative estimate of drug-likeness (QED) is 0.602. The lowest BCUT2D eigenvalue weighted by molar-refractivity contribution is -0.157. The van der Waals surface area contributed by atoms with Crippen molar-refractivity contribution in [2.24, 2.45) is 17.4 Å². The third-order valence-corrected chi connectivity index (χ3v) is 1.99.